The van der Waals surface area contributed by atoms with E-state index in [1.807, 2.05) is 0 Å². The van der Waals surface area contributed by atoms with Crippen molar-refractivity contribution in [3.63, 3.8) is 0 Å². The van der Waals surface area contributed by atoms with Crippen LogP contribution < -0.4 is 4.74 Å². The van der Waals surface area contributed by atoms with Crippen molar-refractivity contribution in [3.8, 4) is 5.75 Å². The minimum absolute atomic E-state index is 0.165. The number of halogens is 4. The molecule has 0 radical (unpaired) electrons. The van der Waals surface area contributed by atoms with Crippen LogP contribution in [0.2, 0.25) is 0 Å². The van der Waals surface area contributed by atoms with E-state index in [-0.39, 0.29) is 11.3 Å². The van der Waals surface area contributed by atoms with Crippen molar-refractivity contribution >= 4 is 5.57 Å². The Morgan fingerprint density at radius 1 is 1.27 bits per heavy atom. The summed E-state index contributed by atoms with van der Waals surface area (Å²) in [6.45, 7) is 1.73. The fraction of sp³-hybridized carbons (Fsp3) is 0.200. The van der Waals surface area contributed by atoms with E-state index < -0.39 is 18.6 Å². The van der Waals surface area contributed by atoms with Crippen LogP contribution in [0.15, 0.2) is 30.8 Å². The molecular weight excluding hydrogens is 212 g/mol. The monoisotopic (exact) mass is 220 g/mol. The van der Waals surface area contributed by atoms with Crippen LogP contribution in [0.4, 0.5) is 17.6 Å². The van der Waals surface area contributed by atoms with Gasteiger partial charge in [-0.3, -0.25) is 0 Å². The Morgan fingerprint density at radius 2 is 1.87 bits per heavy atom. The van der Waals surface area contributed by atoms with Gasteiger partial charge in [0.05, 0.1) is 5.57 Å². The van der Waals surface area contributed by atoms with Crippen LogP contribution in [0.5, 0.6) is 5.75 Å². The van der Waals surface area contributed by atoms with E-state index >= 15 is 0 Å². The van der Waals surface area contributed by atoms with Gasteiger partial charge in [-0.15, -0.1) is 0 Å². The fourth-order valence-electron chi connectivity index (χ4n) is 1.05. The highest BCUT2D eigenvalue weighted by Gasteiger charge is 2.34. The molecule has 0 aliphatic carbocycles. The Labute approximate surface area is 84.0 Å². The summed E-state index contributed by atoms with van der Waals surface area (Å²) in [6.07, 6.45) is -4.55. The van der Waals surface area contributed by atoms with Gasteiger partial charge < -0.3 is 4.74 Å². The van der Waals surface area contributed by atoms with Gasteiger partial charge >= 0.3 is 6.18 Å². The van der Waals surface area contributed by atoms with Gasteiger partial charge in [0, 0.05) is 5.56 Å². The summed E-state index contributed by atoms with van der Waals surface area (Å²) in [6, 6.07) is 5.29. The van der Waals surface area contributed by atoms with E-state index in [9.17, 15) is 17.6 Å². The van der Waals surface area contributed by atoms with E-state index in [4.69, 9.17) is 0 Å². The largest absolute Gasteiger partial charge is 0.462 e. The predicted octanol–water partition coefficient (Wildman–Crippen LogP) is 3.57. The molecule has 1 rings (SSSR count). The molecule has 0 fully saturated rings. The van der Waals surface area contributed by atoms with Crippen LogP contribution in [0.1, 0.15) is 5.56 Å². The van der Waals surface area contributed by atoms with Crippen molar-refractivity contribution < 1.29 is 22.3 Å². The molecule has 0 aromatic heterocycles. The summed E-state index contributed by atoms with van der Waals surface area (Å²) in [7, 11) is 0. The molecule has 1 nitrogen and oxygen atoms in total. The molecule has 0 N–H and O–H groups in total. The van der Waals surface area contributed by atoms with Gasteiger partial charge in [-0.25, -0.2) is 4.39 Å². The Bertz CT molecular complexity index is 357. The molecule has 0 aliphatic rings. The predicted molar refractivity (Wildman–Crippen MR) is 48.1 cm³/mol. The van der Waals surface area contributed by atoms with Gasteiger partial charge in [0.1, 0.15) is 5.75 Å². The number of hydrogen-bond donors (Lipinski definition) is 0. The van der Waals surface area contributed by atoms with E-state index in [2.05, 4.69) is 11.3 Å². The highest BCUT2D eigenvalue weighted by atomic mass is 19.4. The maximum atomic E-state index is 12.3. The third-order valence-corrected chi connectivity index (χ3v) is 1.76. The first-order valence-electron chi connectivity index (χ1n) is 4.01. The zero-order valence-electron chi connectivity index (χ0n) is 7.64. The van der Waals surface area contributed by atoms with Gasteiger partial charge in [0.25, 0.3) is 0 Å². The van der Waals surface area contributed by atoms with Crippen molar-refractivity contribution in [1.82, 2.24) is 0 Å². The van der Waals surface area contributed by atoms with Crippen LogP contribution >= 0.6 is 0 Å². The fourth-order valence-corrected chi connectivity index (χ4v) is 1.05. The minimum Gasteiger partial charge on any atom is -0.462 e. The summed E-state index contributed by atoms with van der Waals surface area (Å²) >= 11 is 0. The Balaban J connectivity index is 3.08. The van der Waals surface area contributed by atoms with E-state index in [0.717, 1.165) is 0 Å². The maximum absolute atomic E-state index is 12.3. The molecule has 5 heteroatoms. The molecule has 0 heterocycles. The lowest BCUT2D eigenvalue weighted by Gasteiger charge is -2.13. The summed E-state index contributed by atoms with van der Waals surface area (Å²) in [5, 5.41) is 0. The van der Waals surface area contributed by atoms with Crippen molar-refractivity contribution in [2.45, 2.75) is 6.18 Å². The Kier molecular flexibility index (Phi) is 3.34. The molecule has 0 unspecified atom stereocenters. The molecule has 0 aliphatic heterocycles. The number of hydrogen-bond acceptors (Lipinski definition) is 1. The second-order valence-electron chi connectivity index (χ2n) is 2.73. The number of rotatable bonds is 3. The third kappa shape index (κ3) is 2.71. The third-order valence-electron chi connectivity index (χ3n) is 1.76. The molecule has 1 aromatic rings. The highest BCUT2D eigenvalue weighted by Crippen LogP contribution is 2.36. The molecule has 0 amide bonds. The minimum atomic E-state index is -4.55. The summed E-state index contributed by atoms with van der Waals surface area (Å²) in [5.41, 5.74) is -1.30. The van der Waals surface area contributed by atoms with Crippen LogP contribution in [-0.2, 0) is 0 Å². The normalized spacial score (nSPS) is 11.2. The topological polar surface area (TPSA) is 9.23 Å². The van der Waals surface area contributed by atoms with Gasteiger partial charge in [-0.05, 0) is 6.07 Å². The molecule has 0 saturated carbocycles. The van der Waals surface area contributed by atoms with Gasteiger partial charge in [0.15, 0.2) is 0 Å². The molecular formula is C10H8F4O. The summed E-state index contributed by atoms with van der Waals surface area (Å²) in [4.78, 5) is 0. The average Bonchev–Trinajstić information content (AvgIpc) is 2.17. The maximum Gasteiger partial charge on any atom is 0.416 e. The Morgan fingerprint density at radius 3 is 2.40 bits per heavy atom. The molecule has 82 valence electrons. The first-order valence-corrected chi connectivity index (χ1v) is 4.01. The van der Waals surface area contributed by atoms with Gasteiger partial charge in [0.2, 0.25) is 6.86 Å². The molecule has 0 spiro atoms. The lowest BCUT2D eigenvalue weighted by Crippen LogP contribution is -2.10. The first kappa shape index (κ1) is 11.6. The quantitative estimate of drug-likeness (QED) is 0.707. The SMILES string of the molecule is C=C(c1ccccc1OCF)C(F)(F)F. The molecule has 0 atom stereocenters. The number of allylic oxidation sites excluding steroid dienone is 1. The second-order valence-corrected chi connectivity index (χ2v) is 2.73. The van der Waals surface area contributed by atoms with Crippen molar-refractivity contribution in [2.75, 3.05) is 6.86 Å². The number of ether oxygens (including phenoxy) is 1. The van der Waals surface area contributed by atoms with Crippen molar-refractivity contribution in [3.05, 3.63) is 36.4 Å². The van der Waals surface area contributed by atoms with E-state index in [1.165, 1.54) is 24.3 Å². The van der Waals surface area contributed by atoms with Crippen LogP contribution in [0, 0.1) is 0 Å². The zero-order chi connectivity index (χ0) is 11.5. The number of alkyl halides is 4. The van der Waals surface area contributed by atoms with Crippen molar-refractivity contribution in [2.24, 2.45) is 0 Å². The molecule has 1 aromatic carbocycles. The van der Waals surface area contributed by atoms with E-state index in [0.29, 0.717) is 0 Å². The van der Waals surface area contributed by atoms with Gasteiger partial charge in [-0.2, -0.15) is 13.2 Å². The molecule has 0 saturated heterocycles. The standard InChI is InChI=1S/C10H8F4O/c1-7(10(12,13)14)8-4-2-3-5-9(8)15-6-11/h2-5H,1,6H2. The Hall–Kier alpha value is -1.52. The van der Waals surface area contributed by atoms with E-state index in [1.54, 1.807) is 0 Å². The van der Waals surface area contributed by atoms with Crippen LogP contribution in [0.3, 0.4) is 0 Å². The van der Waals surface area contributed by atoms with Crippen molar-refractivity contribution in [1.29, 1.82) is 0 Å². The zero-order valence-corrected chi connectivity index (χ0v) is 7.64. The molecule has 0 bridgehead atoms. The average molecular weight is 220 g/mol. The summed E-state index contributed by atoms with van der Waals surface area (Å²) in [5.74, 6) is -0.165. The lowest BCUT2D eigenvalue weighted by atomic mass is 10.1. The summed E-state index contributed by atoms with van der Waals surface area (Å²) < 4.78 is 53.2. The smallest absolute Gasteiger partial charge is 0.416 e. The van der Waals surface area contributed by atoms with Crippen LogP contribution in [-0.4, -0.2) is 13.0 Å². The second kappa shape index (κ2) is 4.33. The van der Waals surface area contributed by atoms with Crippen LogP contribution in [0.25, 0.3) is 5.57 Å². The van der Waals surface area contributed by atoms with Gasteiger partial charge in [-0.1, -0.05) is 24.8 Å². The first-order chi connectivity index (χ1) is 6.96. The number of para-hydroxylation sites is 1. The number of benzene rings is 1. The lowest BCUT2D eigenvalue weighted by molar-refractivity contribution is -0.0688. The molecule has 15 heavy (non-hydrogen) atoms. The highest BCUT2D eigenvalue weighted by molar-refractivity contribution is 5.72.